The number of aliphatic hydroxyl groups is 1. The number of carbonyl (C=O) groups excluding carboxylic acids is 1. The number of fused-ring (bicyclic) bond motifs is 1. The van der Waals surface area contributed by atoms with Gasteiger partial charge < -0.3 is 15.7 Å². The zero-order valence-electron chi connectivity index (χ0n) is 14.0. The number of rotatable bonds is 5. The molecule has 0 aliphatic heterocycles. The lowest BCUT2D eigenvalue weighted by molar-refractivity contribution is 0.101. The maximum atomic E-state index is 11.9. The van der Waals surface area contributed by atoms with Crippen LogP contribution in [0.4, 0.5) is 4.79 Å². The van der Waals surface area contributed by atoms with Gasteiger partial charge in [-0.25, -0.2) is 4.79 Å². The Labute approximate surface area is 143 Å². The molecule has 0 bridgehead atoms. The lowest BCUT2D eigenvalue weighted by Gasteiger charge is -2.25. The van der Waals surface area contributed by atoms with Crippen molar-refractivity contribution in [3.8, 4) is 0 Å². The SMILES string of the molecule is O=C(NCCc1ccc2ccccc2c1)NCC1CCCC(O)C1. The summed E-state index contributed by atoms with van der Waals surface area (Å²) in [5.74, 6) is 0.403. The summed E-state index contributed by atoms with van der Waals surface area (Å²) in [6.07, 6.45) is 4.47. The largest absolute Gasteiger partial charge is 0.393 e. The molecule has 2 atom stereocenters. The fourth-order valence-corrected chi connectivity index (χ4v) is 3.46. The minimum absolute atomic E-state index is 0.115. The average molecular weight is 326 g/mol. The smallest absolute Gasteiger partial charge is 0.314 e. The van der Waals surface area contributed by atoms with Crippen LogP contribution in [0.5, 0.6) is 0 Å². The Morgan fingerprint density at radius 3 is 2.75 bits per heavy atom. The quantitative estimate of drug-likeness (QED) is 0.790. The number of hydrogen-bond acceptors (Lipinski definition) is 2. The second kappa shape index (κ2) is 8.15. The molecule has 3 N–H and O–H groups in total. The lowest BCUT2D eigenvalue weighted by atomic mass is 9.87. The summed E-state index contributed by atoms with van der Waals surface area (Å²) < 4.78 is 0. The number of benzene rings is 2. The van der Waals surface area contributed by atoms with Gasteiger partial charge in [-0.2, -0.15) is 0 Å². The monoisotopic (exact) mass is 326 g/mol. The third-order valence-electron chi connectivity index (χ3n) is 4.82. The van der Waals surface area contributed by atoms with Gasteiger partial charge in [0.25, 0.3) is 0 Å². The summed E-state index contributed by atoms with van der Waals surface area (Å²) in [4.78, 5) is 11.9. The van der Waals surface area contributed by atoms with Gasteiger partial charge in [0.15, 0.2) is 0 Å². The van der Waals surface area contributed by atoms with Crippen molar-refractivity contribution >= 4 is 16.8 Å². The molecule has 128 valence electrons. The fourth-order valence-electron chi connectivity index (χ4n) is 3.46. The van der Waals surface area contributed by atoms with E-state index < -0.39 is 0 Å². The normalized spacial score (nSPS) is 20.7. The maximum Gasteiger partial charge on any atom is 0.314 e. The van der Waals surface area contributed by atoms with Gasteiger partial charge in [0, 0.05) is 13.1 Å². The number of nitrogens with one attached hydrogen (secondary N) is 2. The molecule has 2 amide bonds. The van der Waals surface area contributed by atoms with Crippen molar-refractivity contribution in [3.05, 3.63) is 48.0 Å². The molecule has 2 aromatic rings. The Balaban J connectivity index is 1.39. The highest BCUT2D eigenvalue weighted by molar-refractivity contribution is 5.83. The van der Waals surface area contributed by atoms with E-state index in [2.05, 4.69) is 41.0 Å². The van der Waals surface area contributed by atoms with Crippen molar-refractivity contribution in [2.24, 2.45) is 5.92 Å². The molecule has 2 aromatic carbocycles. The van der Waals surface area contributed by atoms with E-state index in [1.807, 2.05) is 12.1 Å². The molecule has 4 heteroatoms. The van der Waals surface area contributed by atoms with Crippen LogP contribution in [0.2, 0.25) is 0 Å². The minimum atomic E-state index is -0.193. The van der Waals surface area contributed by atoms with Crippen LogP contribution in [0, 0.1) is 5.92 Å². The zero-order valence-corrected chi connectivity index (χ0v) is 14.0. The number of urea groups is 1. The van der Waals surface area contributed by atoms with E-state index in [0.29, 0.717) is 19.0 Å². The molecule has 1 saturated carbocycles. The van der Waals surface area contributed by atoms with E-state index in [0.717, 1.165) is 32.1 Å². The molecule has 0 radical (unpaired) electrons. The Morgan fingerprint density at radius 2 is 1.92 bits per heavy atom. The van der Waals surface area contributed by atoms with E-state index >= 15 is 0 Å². The molecule has 0 spiro atoms. The highest BCUT2D eigenvalue weighted by Gasteiger charge is 2.20. The molecule has 0 heterocycles. The third-order valence-corrected chi connectivity index (χ3v) is 4.82. The van der Waals surface area contributed by atoms with Crippen LogP contribution in [0.25, 0.3) is 10.8 Å². The molecule has 24 heavy (non-hydrogen) atoms. The van der Waals surface area contributed by atoms with E-state index in [1.165, 1.54) is 16.3 Å². The first-order valence-electron chi connectivity index (χ1n) is 8.88. The predicted molar refractivity (Wildman–Crippen MR) is 97.0 cm³/mol. The molecule has 0 aromatic heterocycles. The van der Waals surface area contributed by atoms with Gasteiger partial charge >= 0.3 is 6.03 Å². The van der Waals surface area contributed by atoms with Crippen molar-refractivity contribution < 1.29 is 9.90 Å². The number of amides is 2. The minimum Gasteiger partial charge on any atom is -0.393 e. The van der Waals surface area contributed by atoms with Gasteiger partial charge in [-0.1, -0.05) is 48.9 Å². The summed E-state index contributed by atoms with van der Waals surface area (Å²) >= 11 is 0. The first kappa shape index (κ1) is 16.8. The topological polar surface area (TPSA) is 61.4 Å². The molecular weight excluding hydrogens is 300 g/mol. The number of carbonyl (C=O) groups is 1. The van der Waals surface area contributed by atoms with Crippen molar-refractivity contribution in [1.29, 1.82) is 0 Å². The molecule has 4 nitrogen and oxygen atoms in total. The molecule has 3 rings (SSSR count). The average Bonchev–Trinajstić information content (AvgIpc) is 2.60. The van der Waals surface area contributed by atoms with Crippen LogP contribution in [-0.4, -0.2) is 30.3 Å². The van der Waals surface area contributed by atoms with E-state index in [4.69, 9.17) is 0 Å². The number of hydrogen-bond donors (Lipinski definition) is 3. The van der Waals surface area contributed by atoms with Crippen molar-refractivity contribution in [2.45, 2.75) is 38.2 Å². The van der Waals surface area contributed by atoms with Crippen LogP contribution in [0.3, 0.4) is 0 Å². The van der Waals surface area contributed by atoms with E-state index in [1.54, 1.807) is 0 Å². The summed E-state index contributed by atoms with van der Waals surface area (Å²) in [6, 6.07) is 14.6. The second-order valence-corrected chi connectivity index (χ2v) is 6.75. The molecular formula is C20H26N2O2. The molecule has 1 aliphatic carbocycles. The van der Waals surface area contributed by atoms with Crippen LogP contribution >= 0.6 is 0 Å². The highest BCUT2D eigenvalue weighted by Crippen LogP contribution is 2.23. The Bertz CT molecular complexity index is 686. The first-order chi connectivity index (χ1) is 11.7. The molecule has 0 saturated heterocycles. The van der Waals surface area contributed by atoms with Crippen LogP contribution in [0.15, 0.2) is 42.5 Å². The van der Waals surface area contributed by atoms with Crippen LogP contribution in [0.1, 0.15) is 31.2 Å². The standard InChI is InChI=1S/C20H26N2O2/c23-19-7-3-4-16(13-19)14-22-20(24)21-11-10-15-8-9-17-5-1-2-6-18(17)12-15/h1-2,5-6,8-9,12,16,19,23H,3-4,7,10-11,13-14H2,(H2,21,22,24). The van der Waals surface area contributed by atoms with Gasteiger partial charge in [0.05, 0.1) is 6.10 Å². The Hall–Kier alpha value is -2.07. The molecule has 1 fully saturated rings. The first-order valence-corrected chi connectivity index (χ1v) is 8.88. The summed E-state index contributed by atoms with van der Waals surface area (Å²) in [7, 11) is 0. The fraction of sp³-hybridized carbons (Fsp3) is 0.450. The third kappa shape index (κ3) is 4.71. The van der Waals surface area contributed by atoms with Crippen molar-refractivity contribution in [1.82, 2.24) is 10.6 Å². The van der Waals surface area contributed by atoms with E-state index in [9.17, 15) is 9.90 Å². The Morgan fingerprint density at radius 1 is 1.08 bits per heavy atom. The molecule has 1 aliphatic rings. The maximum absolute atomic E-state index is 11.9. The zero-order chi connectivity index (χ0) is 16.8. The van der Waals surface area contributed by atoms with Gasteiger partial charge in [0.1, 0.15) is 0 Å². The van der Waals surface area contributed by atoms with E-state index in [-0.39, 0.29) is 12.1 Å². The van der Waals surface area contributed by atoms with Gasteiger partial charge in [-0.15, -0.1) is 0 Å². The number of aliphatic hydroxyl groups excluding tert-OH is 1. The highest BCUT2D eigenvalue weighted by atomic mass is 16.3. The van der Waals surface area contributed by atoms with Gasteiger partial charge in [-0.05, 0) is 47.9 Å². The summed E-state index contributed by atoms with van der Waals surface area (Å²) in [6.45, 7) is 1.27. The van der Waals surface area contributed by atoms with Gasteiger partial charge in [0.2, 0.25) is 0 Å². The summed E-state index contributed by atoms with van der Waals surface area (Å²) in [5.41, 5.74) is 1.23. The summed E-state index contributed by atoms with van der Waals surface area (Å²) in [5, 5.41) is 18.0. The van der Waals surface area contributed by atoms with Crippen LogP contribution < -0.4 is 10.6 Å². The van der Waals surface area contributed by atoms with Gasteiger partial charge in [-0.3, -0.25) is 0 Å². The predicted octanol–water partition coefficient (Wildman–Crippen LogP) is 3.23. The Kier molecular flexibility index (Phi) is 5.70. The van der Waals surface area contributed by atoms with Crippen molar-refractivity contribution in [2.75, 3.05) is 13.1 Å². The van der Waals surface area contributed by atoms with Crippen molar-refractivity contribution in [3.63, 3.8) is 0 Å². The van der Waals surface area contributed by atoms with Crippen LogP contribution in [-0.2, 0) is 6.42 Å². The lowest BCUT2D eigenvalue weighted by Crippen LogP contribution is -2.40. The molecule has 2 unspecified atom stereocenters. The second-order valence-electron chi connectivity index (χ2n) is 6.75.